The van der Waals surface area contributed by atoms with Crippen LogP contribution in [0.2, 0.25) is 0 Å². The number of aryl methyl sites for hydroxylation is 1. The molecule has 0 unspecified atom stereocenters. The van der Waals surface area contributed by atoms with Crippen molar-refractivity contribution in [3.8, 4) is 5.75 Å². The molecule has 0 atom stereocenters. The van der Waals surface area contributed by atoms with Gasteiger partial charge in [0.1, 0.15) is 5.75 Å². The van der Waals surface area contributed by atoms with Crippen molar-refractivity contribution in [3.05, 3.63) is 34.9 Å². The lowest BCUT2D eigenvalue weighted by Crippen LogP contribution is -2.35. The van der Waals surface area contributed by atoms with Crippen molar-refractivity contribution in [2.24, 2.45) is 5.73 Å². The highest BCUT2D eigenvalue weighted by Gasteiger charge is 2.21. The number of benzene rings is 1. The van der Waals surface area contributed by atoms with Crippen LogP contribution < -0.4 is 5.73 Å². The van der Waals surface area contributed by atoms with Gasteiger partial charge < -0.3 is 10.8 Å². The Balaban J connectivity index is 2.42. The minimum absolute atomic E-state index is 0.240. The molecule has 1 aromatic carbocycles. The maximum Gasteiger partial charge on any atom is 0.115 e. The van der Waals surface area contributed by atoms with E-state index in [0.717, 1.165) is 12.8 Å². The zero-order valence-electron chi connectivity index (χ0n) is 9.25. The van der Waals surface area contributed by atoms with E-state index in [9.17, 15) is 5.11 Å². The summed E-state index contributed by atoms with van der Waals surface area (Å²) in [6.07, 6.45) is 4.11. The molecule has 0 fully saturated rings. The molecule has 2 nitrogen and oxygen atoms in total. The zero-order chi connectivity index (χ0) is 11.1. The Hall–Kier alpha value is -1.28. The highest BCUT2D eigenvalue weighted by Crippen LogP contribution is 2.30. The van der Waals surface area contributed by atoms with E-state index in [1.165, 1.54) is 16.7 Å². The van der Waals surface area contributed by atoms with Crippen LogP contribution in [0, 0.1) is 0 Å². The molecule has 2 rings (SSSR count). The first kappa shape index (κ1) is 10.2. The van der Waals surface area contributed by atoms with Gasteiger partial charge in [0.15, 0.2) is 0 Å². The Morgan fingerprint density at radius 1 is 1.27 bits per heavy atom. The summed E-state index contributed by atoms with van der Waals surface area (Å²) in [7, 11) is 0. The van der Waals surface area contributed by atoms with Crippen molar-refractivity contribution < 1.29 is 5.11 Å². The summed E-state index contributed by atoms with van der Waals surface area (Å²) < 4.78 is 0. The van der Waals surface area contributed by atoms with Crippen LogP contribution in [0.4, 0.5) is 0 Å². The maximum absolute atomic E-state index is 9.37. The number of rotatable bonds is 1. The van der Waals surface area contributed by atoms with Crippen molar-refractivity contribution in [1.29, 1.82) is 0 Å². The number of phenols is 1. The summed E-state index contributed by atoms with van der Waals surface area (Å²) in [4.78, 5) is 0. The molecule has 15 heavy (non-hydrogen) atoms. The summed E-state index contributed by atoms with van der Waals surface area (Å²) in [5.74, 6) is 0.345. The average molecular weight is 203 g/mol. The molecule has 0 aromatic heterocycles. The van der Waals surface area contributed by atoms with Gasteiger partial charge in [0, 0.05) is 5.54 Å². The molecule has 0 aliphatic heterocycles. The van der Waals surface area contributed by atoms with E-state index in [2.05, 4.69) is 6.08 Å². The topological polar surface area (TPSA) is 46.2 Å². The highest BCUT2D eigenvalue weighted by atomic mass is 16.3. The Kier molecular flexibility index (Phi) is 2.31. The Bertz CT molecular complexity index is 413. The molecule has 1 aliphatic rings. The lowest BCUT2D eigenvalue weighted by molar-refractivity contribution is 0.474. The number of aromatic hydroxyl groups is 1. The third-order valence-electron chi connectivity index (χ3n) is 2.95. The van der Waals surface area contributed by atoms with Gasteiger partial charge in [0.05, 0.1) is 0 Å². The fourth-order valence-electron chi connectivity index (χ4n) is 1.99. The largest absolute Gasteiger partial charge is 0.508 e. The molecule has 1 aliphatic carbocycles. The SMILES string of the molecule is CC(C)(N)C1=Cc2ccc(O)cc2CC1. The second-order valence-electron chi connectivity index (χ2n) is 4.77. The molecule has 0 heterocycles. The van der Waals surface area contributed by atoms with E-state index >= 15 is 0 Å². The van der Waals surface area contributed by atoms with Gasteiger partial charge in [0.2, 0.25) is 0 Å². The van der Waals surface area contributed by atoms with Crippen molar-refractivity contribution in [1.82, 2.24) is 0 Å². The van der Waals surface area contributed by atoms with Gasteiger partial charge in [-0.1, -0.05) is 17.7 Å². The summed E-state index contributed by atoms with van der Waals surface area (Å²) in [6.45, 7) is 4.06. The maximum atomic E-state index is 9.37. The number of fused-ring (bicyclic) bond motifs is 1. The Labute approximate surface area is 90.4 Å². The molecule has 0 radical (unpaired) electrons. The lowest BCUT2D eigenvalue weighted by atomic mass is 9.83. The average Bonchev–Trinajstić information content (AvgIpc) is 2.15. The number of hydrogen-bond donors (Lipinski definition) is 2. The summed E-state index contributed by atoms with van der Waals surface area (Å²) in [5, 5.41) is 9.37. The molecular weight excluding hydrogens is 186 g/mol. The second kappa shape index (κ2) is 3.38. The van der Waals surface area contributed by atoms with E-state index < -0.39 is 0 Å². The standard InChI is InChI=1S/C13H17NO/c1-13(2,14)11-5-3-10-8-12(15)6-4-9(10)7-11/h4,6-8,15H,3,5,14H2,1-2H3. The molecule has 80 valence electrons. The van der Waals surface area contributed by atoms with Crippen LogP contribution in [-0.2, 0) is 6.42 Å². The normalized spacial score (nSPS) is 15.8. The summed E-state index contributed by atoms with van der Waals surface area (Å²) in [6, 6.07) is 5.52. The third kappa shape index (κ3) is 2.05. The molecule has 0 bridgehead atoms. The first-order valence-corrected chi connectivity index (χ1v) is 5.28. The predicted molar refractivity (Wildman–Crippen MR) is 62.7 cm³/mol. The molecular formula is C13H17NO. The first-order chi connectivity index (χ1) is 6.97. The van der Waals surface area contributed by atoms with Gasteiger partial charge in [0.25, 0.3) is 0 Å². The third-order valence-corrected chi connectivity index (χ3v) is 2.95. The second-order valence-corrected chi connectivity index (χ2v) is 4.77. The van der Waals surface area contributed by atoms with Crippen molar-refractivity contribution in [3.63, 3.8) is 0 Å². The number of nitrogens with two attached hydrogens (primary N) is 1. The summed E-state index contributed by atoms with van der Waals surface area (Å²) in [5.41, 5.74) is 9.52. The molecule has 0 saturated heterocycles. The molecule has 1 aromatic rings. The van der Waals surface area contributed by atoms with E-state index in [0.29, 0.717) is 5.75 Å². The molecule has 2 heteroatoms. The molecule has 0 spiro atoms. The minimum atomic E-state index is -0.240. The van der Waals surface area contributed by atoms with Gasteiger partial charge in [-0.25, -0.2) is 0 Å². The lowest BCUT2D eigenvalue weighted by Gasteiger charge is -2.27. The molecule has 3 N–H and O–H groups in total. The smallest absolute Gasteiger partial charge is 0.115 e. The van der Waals surface area contributed by atoms with E-state index in [-0.39, 0.29) is 5.54 Å². The fourth-order valence-corrected chi connectivity index (χ4v) is 1.99. The van der Waals surface area contributed by atoms with Gasteiger partial charge in [-0.2, -0.15) is 0 Å². The Morgan fingerprint density at radius 2 is 2.00 bits per heavy atom. The fraction of sp³-hybridized carbons (Fsp3) is 0.385. The van der Waals surface area contributed by atoms with Gasteiger partial charge in [-0.15, -0.1) is 0 Å². The minimum Gasteiger partial charge on any atom is -0.508 e. The quantitative estimate of drug-likeness (QED) is 0.736. The number of phenolic OH excluding ortho intramolecular Hbond substituents is 1. The van der Waals surface area contributed by atoms with Crippen LogP contribution in [0.25, 0.3) is 6.08 Å². The van der Waals surface area contributed by atoms with Crippen LogP contribution >= 0.6 is 0 Å². The number of hydrogen-bond acceptors (Lipinski definition) is 2. The van der Waals surface area contributed by atoms with Crippen LogP contribution in [0.5, 0.6) is 5.75 Å². The van der Waals surface area contributed by atoms with Gasteiger partial charge in [-0.3, -0.25) is 0 Å². The van der Waals surface area contributed by atoms with Gasteiger partial charge in [-0.05, 0) is 49.9 Å². The van der Waals surface area contributed by atoms with Crippen molar-refractivity contribution in [2.75, 3.05) is 0 Å². The highest BCUT2D eigenvalue weighted by molar-refractivity contribution is 5.62. The van der Waals surface area contributed by atoms with E-state index in [1.807, 2.05) is 26.0 Å². The van der Waals surface area contributed by atoms with E-state index in [1.54, 1.807) is 6.07 Å². The van der Waals surface area contributed by atoms with Gasteiger partial charge >= 0.3 is 0 Å². The van der Waals surface area contributed by atoms with Crippen LogP contribution in [0.1, 0.15) is 31.4 Å². The first-order valence-electron chi connectivity index (χ1n) is 5.28. The summed E-state index contributed by atoms with van der Waals surface area (Å²) >= 11 is 0. The van der Waals surface area contributed by atoms with Crippen molar-refractivity contribution in [2.45, 2.75) is 32.2 Å². The monoisotopic (exact) mass is 203 g/mol. The molecule has 0 amide bonds. The van der Waals surface area contributed by atoms with Crippen LogP contribution in [0.3, 0.4) is 0 Å². The zero-order valence-corrected chi connectivity index (χ0v) is 9.25. The molecule has 0 saturated carbocycles. The van der Waals surface area contributed by atoms with Crippen LogP contribution in [0.15, 0.2) is 23.8 Å². The Morgan fingerprint density at radius 3 is 2.67 bits per heavy atom. The van der Waals surface area contributed by atoms with E-state index in [4.69, 9.17) is 5.73 Å². The van der Waals surface area contributed by atoms with Crippen molar-refractivity contribution >= 4 is 6.08 Å². The van der Waals surface area contributed by atoms with Crippen LogP contribution in [-0.4, -0.2) is 10.6 Å². The predicted octanol–water partition coefficient (Wildman–Crippen LogP) is 2.46.